The molecule has 0 bridgehead atoms. The first-order valence-electron chi connectivity index (χ1n) is 10.3. The molecule has 3 rings (SSSR count). The van der Waals surface area contributed by atoms with Crippen LogP contribution < -0.4 is 15.8 Å². The van der Waals surface area contributed by atoms with Crippen LogP contribution in [0.2, 0.25) is 0 Å². The fourth-order valence-electron chi connectivity index (χ4n) is 3.82. The van der Waals surface area contributed by atoms with Crippen molar-refractivity contribution in [3.8, 4) is 5.75 Å². The number of hydrogen-bond acceptors (Lipinski definition) is 6. The van der Waals surface area contributed by atoms with E-state index in [-0.39, 0.29) is 42.0 Å². The van der Waals surface area contributed by atoms with E-state index >= 15 is 0 Å². The van der Waals surface area contributed by atoms with Gasteiger partial charge in [0.2, 0.25) is 5.91 Å². The number of carbonyl (C=O) groups is 2. The van der Waals surface area contributed by atoms with E-state index in [1.54, 1.807) is 19.1 Å². The van der Waals surface area contributed by atoms with Gasteiger partial charge in [-0.1, -0.05) is 6.07 Å². The van der Waals surface area contributed by atoms with E-state index in [0.717, 1.165) is 25.7 Å². The molecule has 1 fully saturated rings. The standard InChI is InChI=1S/C22H29N3O5/c1-12(2)29-11-18(26)25-14-7-9-15(10-8-14)30-17-6-4-5-16-20(17)21(23)19(22(27)28)13(3)24-16/h4-6,12,14-15H,7-11H2,1-3H3,(H2,23,24)(H,25,26)(H,27,28)/t14-,15-. The molecule has 30 heavy (non-hydrogen) atoms. The second-order valence-corrected chi connectivity index (χ2v) is 7.96. The number of carboxylic acid groups (broad SMARTS) is 1. The quantitative estimate of drug-likeness (QED) is 0.635. The number of nitrogen functional groups attached to an aromatic ring is 1. The molecule has 8 nitrogen and oxygen atoms in total. The number of anilines is 1. The number of amides is 1. The second kappa shape index (κ2) is 9.30. The summed E-state index contributed by atoms with van der Waals surface area (Å²) < 4.78 is 11.5. The van der Waals surface area contributed by atoms with Gasteiger partial charge in [-0.3, -0.25) is 9.78 Å². The Morgan fingerprint density at radius 2 is 1.97 bits per heavy atom. The molecule has 8 heteroatoms. The van der Waals surface area contributed by atoms with E-state index in [1.807, 2.05) is 19.9 Å². The highest BCUT2D eigenvalue weighted by Crippen LogP contribution is 2.35. The Balaban J connectivity index is 1.67. The van der Waals surface area contributed by atoms with Crippen molar-refractivity contribution < 1.29 is 24.2 Å². The third-order valence-corrected chi connectivity index (χ3v) is 5.29. The number of ether oxygens (including phenoxy) is 2. The molecule has 0 atom stereocenters. The summed E-state index contributed by atoms with van der Waals surface area (Å²) in [5.74, 6) is -0.665. The first kappa shape index (κ1) is 21.8. The third-order valence-electron chi connectivity index (χ3n) is 5.29. The Morgan fingerprint density at radius 3 is 2.60 bits per heavy atom. The van der Waals surface area contributed by atoms with E-state index in [9.17, 15) is 14.7 Å². The number of carbonyl (C=O) groups excluding carboxylic acids is 1. The van der Waals surface area contributed by atoms with Gasteiger partial charge in [-0.25, -0.2) is 4.79 Å². The minimum Gasteiger partial charge on any atom is -0.490 e. The number of aryl methyl sites for hydroxylation is 1. The van der Waals surface area contributed by atoms with Crippen LogP contribution in [0.1, 0.15) is 55.6 Å². The molecule has 1 aliphatic rings. The van der Waals surface area contributed by atoms with Crippen LogP contribution in [-0.2, 0) is 9.53 Å². The van der Waals surface area contributed by atoms with Crippen molar-refractivity contribution in [3.63, 3.8) is 0 Å². The molecule has 1 aliphatic carbocycles. The van der Waals surface area contributed by atoms with Gasteiger partial charge in [-0.15, -0.1) is 0 Å². The molecule has 4 N–H and O–H groups in total. The van der Waals surface area contributed by atoms with Crippen LogP contribution in [0, 0.1) is 6.92 Å². The lowest BCUT2D eigenvalue weighted by Gasteiger charge is -2.30. The lowest BCUT2D eigenvalue weighted by Crippen LogP contribution is -2.41. The number of benzene rings is 1. The maximum atomic E-state index is 12.0. The number of nitrogens with zero attached hydrogens (tertiary/aromatic N) is 1. The molecule has 1 saturated carbocycles. The Hall–Kier alpha value is -2.87. The topological polar surface area (TPSA) is 124 Å². The fourth-order valence-corrected chi connectivity index (χ4v) is 3.82. The van der Waals surface area contributed by atoms with Crippen LogP contribution in [-0.4, -0.2) is 46.8 Å². The number of carboxylic acids is 1. The molecule has 1 aromatic heterocycles. The number of aromatic nitrogens is 1. The van der Waals surface area contributed by atoms with Gasteiger partial charge < -0.3 is 25.6 Å². The summed E-state index contributed by atoms with van der Waals surface area (Å²) in [7, 11) is 0. The van der Waals surface area contributed by atoms with Crippen molar-refractivity contribution in [1.29, 1.82) is 0 Å². The summed E-state index contributed by atoms with van der Waals surface area (Å²) >= 11 is 0. The summed E-state index contributed by atoms with van der Waals surface area (Å²) in [6.07, 6.45) is 3.14. The molecule has 0 radical (unpaired) electrons. The summed E-state index contributed by atoms with van der Waals surface area (Å²) in [4.78, 5) is 27.9. The Morgan fingerprint density at radius 1 is 1.27 bits per heavy atom. The molecule has 1 aromatic carbocycles. The van der Waals surface area contributed by atoms with Crippen LogP contribution >= 0.6 is 0 Å². The van der Waals surface area contributed by atoms with Gasteiger partial charge >= 0.3 is 5.97 Å². The zero-order chi connectivity index (χ0) is 21.8. The number of nitrogens with two attached hydrogens (primary N) is 1. The second-order valence-electron chi connectivity index (χ2n) is 7.96. The van der Waals surface area contributed by atoms with Gasteiger partial charge in [0, 0.05) is 6.04 Å². The highest BCUT2D eigenvalue weighted by molar-refractivity contribution is 6.06. The van der Waals surface area contributed by atoms with E-state index in [4.69, 9.17) is 15.2 Å². The van der Waals surface area contributed by atoms with Crippen LogP contribution in [0.4, 0.5) is 5.69 Å². The maximum absolute atomic E-state index is 12.0. The van der Waals surface area contributed by atoms with Gasteiger partial charge in [0.25, 0.3) is 0 Å². The van der Waals surface area contributed by atoms with E-state index in [1.165, 1.54) is 0 Å². The molecule has 1 heterocycles. The fraction of sp³-hybridized carbons (Fsp3) is 0.500. The van der Waals surface area contributed by atoms with Gasteiger partial charge in [-0.2, -0.15) is 0 Å². The van der Waals surface area contributed by atoms with Crippen molar-refractivity contribution in [2.75, 3.05) is 12.3 Å². The first-order valence-corrected chi connectivity index (χ1v) is 10.3. The number of hydrogen-bond donors (Lipinski definition) is 3. The Bertz CT molecular complexity index is 936. The van der Waals surface area contributed by atoms with Crippen molar-refractivity contribution in [2.45, 2.75) is 64.7 Å². The third kappa shape index (κ3) is 4.99. The molecule has 162 valence electrons. The zero-order valence-electron chi connectivity index (χ0n) is 17.6. The summed E-state index contributed by atoms with van der Waals surface area (Å²) in [5.41, 5.74) is 7.36. The minimum absolute atomic E-state index is 0.00795. The van der Waals surface area contributed by atoms with Crippen LogP contribution in [0.5, 0.6) is 5.75 Å². The Kier molecular flexibility index (Phi) is 6.77. The average molecular weight is 415 g/mol. The zero-order valence-corrected chi connectivity index (χ0v) is 17.6. The average Bonchev–Trinajstić information content (AvgIpc) is 2.67. The predicted octanol–water partition coefficient (Wildman–Crippen LogP) is 3.05. The van der Waals surface area contributed by atoms with Crippen molar-refractivity contribution in [3.05, 3.63) is 29.5 Å². The highest BCUT2D eigenvalue weighted by atomic mass is 16.5. The van der Waals surface area contributed by atoms with E-state index in [2.05, 4.69) is 10.3 Å². The number of pyridine rings is 1. The summed E-state index contributed by atoms with van der Waals surface area (Å²) in [5, 5.41) is 13.0. The van der Waals surface area contributed by atoms with Crippen LogP contribution in [0.25, 0.3) is 10.9 Å². The predicted molar refractivity (Wildman–Crippen MR) is 114 cm³/mol. The number of nitrogens with one attached hydrogen (secondary N) is 1. The maximum Gasteiger partial charge on any atom is 0.339 e. The van der Waals surface area contributed by atoms with Crippen LogP contribution in [0.3, 0.4) is 0 Å². The normalized spacial score (nSPS) is 19.1. The van der Waals surface area contributed by atoms with Crippen LogP contribution in [0.15, 0.2) is 18.2 Å². The van der Waals surface area contributed by atoms with E-state index in [0.29, 0.717) is 22.3 Å². The molecular weight excluding hydrogens is 386 g/mol. The molecule has 1 amide bonds. The Labute approximate surface area is 175 Å². The molecular formula is C22H29N3O5. The summed E-state index contributed by atoms with van der Waals surface area (Å²) in [6, 6.07) is 5.51. The smallest absolute Gasteiger partial charge is 0.339 e. The van der Waals surface area contributed by atoms with Gasteiger partial charge in [-0.05, 0) is 58.6 Å². The SMILES string of the molecule is Cc1nc2cccc(O[C@H]3CC[C@H](NC(=O)COC(C)C)CC3)c2c(N)c1C(=O)O. The van der Waals surface area contributed by atoms with Gasteiger partial charge in [0.15, 0.2) is 0 Å². The number of rotatable bonds is 7. The number of aromatic carboxylic acids is 1. The van der Waals surface area contributed by atoms with Gasteiger partial charge in [0.1, 0.15) is 17.9 Å². The lowest BCUT2D eigenvalue weighted by atomic mass is 9.93. The van der Waals surface area contributed by atoms with Crippen molar-refractivity contribution in [2.24, 2.45) is 0 Å². The molecule has 2 aromatic rings. The molecule has 0 spiro atoms. The monoisotopic (exact) mass is 415 g/mol. The number of fused-ring (bicyclic) bond motifs is 1. The minimum atomic E-state index is -1.10. The lowest BCUT2D eigenvalue weighted by molar-refractivity contribution is -0.128. The van der Waals surface area contributed by atoms with Crippen molar-refractivity contribution >= 4 is 28.5 Å². The van der Waals surface area contributed by atoms with E-state index < -0.39 is 5.97 Å². The van der Waals surface area contributed by atoms with Crippen molar-refractivity contribution in [1.82, 2.24) is 10.3 Å². The summed E-state index contributed by atoms with van der Waals surface area (Å²) in [6.45, 7) is 5.49. The highest BCUT2D eigenvalue weighted by Gasteiger charge is 2.25. The first-order chi connectivity index (χ1) is 14.3. The molecule has 0 unspecified atom stereocenters. The largest absolute Gasteiger partial charge is 0.490 e. The molecule has 0 aliphatic heterocycles. The van der Waals surface area contributed by atoms with Gasteiger partial charge in [0.05, 0.1) is 34.5 Å². The molecule has 0 saturated heterocycles.